The maximum atomic E-state index is 12.2. The molecule has 5 heteroatoms. The van der Waals surface area contributed by atoms with Crippen molar-refractivity contribution in [2.75, 3.05) is 13.2 Å². The molecule has 48 heavy (non-hydrogen) atoms. The van der Waals surface area contributed by atoms with E-state index in [0.717, 1.165) is 70.6 Å². The van der Waals surface area contributed by atoms with Gasteiger partial charge in [0.25, 0.3) is 0 Å². The fourth-order valence-electron chi connectivity index (χ4n) is 5.86. The highest BCUT2D eigenvalue weighted by atomic mass is 16.6. The van der Waals surface area contributed by atoms with E-state index in [-0.39, 0.29) is 25.2 Å². The minimum absolute atomic E-state index is 0.0700. The highest BCUT2D eigenvalue weighted by Gasteiger charge is 2.16. The van der Waals surface area contributed by atoms with Crippen LogP contribution in [-0.4, -0.2) is 36.4 Å². The third-order valence-electron chi connectivity index (χ3n) is 8.95. The van der Waals surface area contributed by atoms with E-state index >= 15 is 0 Å². The van der Waals surface area contributed by atoms with Crippen LogP contribution in [0.2, 0.25) is 0 Å². The van der Waals surface area contributed by atoms with Crippen molar-refractivity contribution in [1.29, 1.82) is 0 Å². The Labute approximate surface area is 297 Å². The lowest BCUT2D eigenvalue weighted by Crippen LogP contribution is -2.28. The summed E-state index contributed by atoms with van der Waals surface area (Å²) in [5.41, 5.74) is 0. The topological polar surface area (TPSA) is 72.8 Å². The van der Waals surface area contributed by atoms with Crippen LogP contribution in [0.15, 0.2) is 36.5 Å². The molecule has 0 bridgehead atoms. The van der Waals surface area contributed by atoms with Crippen molar-refractivity contribution in [3.8, 4) is 0 Å². The average Bonchev–Trinajstić information content (AvgIpc) is 3.09. The Kier molecular flexibility index (Phi) is 38.0. The Balaban J connectivity index is 3.53. The molecule has 0 radical (unpaired) electrons. The monoisotopic (exact) mass is 675 g/mol. The summed E-state index contributed by atoms with van der Waals surface area (Å²) in [7, 11) is 0. The van der Waals surface area contributed by atoms with Crippen LogP contribution in [0.25, 0.3) is 0 Å². The lowest BCUT2D eigenvalue weighted by molar-refractivity contribution is -0.161. The van der Waals surface area contributed by atoms with Gasteiger partial charge in [-0.2, -0.15) is 0 Å². The molecule has 0 fully saturated rings. The summed E-state index contributed by atoms with van der Waals surface area (Å²) in [4.78, 5) is 24.3. The molecule has 0 heterocycles. The number of aliphatic hydroxyl groups excluding tert-OH is 1. The van der Waals surface area contributed by atoms with Gasteiger partial charge in [0.2, 0.25) is 0 Å². The molecule has 0 amide bonds. The first kappa shape index (κ1) is 46.1. The van der Waals surface area contributed by atoms with Gasteiger partial charge in [-0.25, -0.2) is 0 Å². The molecule has 0 aromatic rings. The van der Waals surface area contributed by atoms with Gasteiger partial charge in [-0.05, 0) is 44.9 Å². The Morgan fingerprint density at radius 3 is 1.35 bits per heavy atom. The van der Waals surface area contributed by atoms with Crippen molar-refractivity contribution in [2.45, 2.75) is 213 Å². The van der Waals surface area contributed by atoms with Gasteiger partial charge >= 0.3 is 11.9 Å². The van der Waals surface area contributed by atoms with Crippen LogP contribution in [0.5, 0.6) is 0 Å². The van der Waals surface area contributed by atoms with Crippen molar-refractivity contribution >= 4 is 11.9 Å². The van der Waals surface area contributed by atoms with Crippen molar-refractivity contribution < 1.29 is 24.2 Å². The van der Waals surface area contributed by atoms with Gasteiger partial charge in [-0.1, -0.05) is 185 Å². The van der Waals surface area contributed by atoms with Crippen molar-refractivity contribution in [3.05, 3.63) is 36.5 Å². The second kappa shape index (κ2) is 39.6. The second-order valence-electron chi connectivity index (χ2n) is 13.7. The molecule has 0 aromatic carbocycles. The van der Waals surface area contributed by atoms with E-state index < -0.39 is 6.10 Å². The summed E-state index contributed by atoms with van der Waals surface area (Å²) in [5, 5.41) is 9.56. The number of allylic oxidation sites excluding steroid dienone is 6. The van der Waals surface area contributed by atoms with E-state index in [1.54, 1.807) is 0 Å². The SMILES string of the molecule is CCC=CCC=CCC=CCCCCCCCC(=O)O[C@@H](CO)COC(=O)CCCCCCCCCCCCCCCCCCCCC. The van der Waals surface area contributed by atoms with E-state index in [1.165, 1.54) is 109 Å². The van der Waals surface area contributed by atoms with Crippen molar-refractivity contribution in [2.24, 2.45) is 0 Å². The highest BCUT2D eigenvalue weighted by molar-refractivity contribution is 5.70. The standard InChI is InChI=1S/C43H78O5/c1-3-5-7-9-11-13-15-17-19-20-21-22-24-25-27-29-31-33-35-37-42(45)47-40-41(39-44)48-43(46)38-36-34-32-30-28-26-23-18-16-14-12-10-8-6-4-2/h6,8,12,14,18,23,41,44H,3-5,7,9-11,13,15-17,19-22,24-40H2,1-2H3/t41-/m0/s1. The maximum absolute atomic E-state index is 12.2. The Bertz CT molecular complexity index is 771. The number of rotatable bonds is 37. The summed E-state index contributed by atoms with van der Waals surface area (Å²) in [6.45, 7) is 4.02. The summed E-state index contributed by atoms with van der Waals surface area (Å²) in [5.74, 6) is -0.604. The molecule has 0 rings (SSSR count). The fourth-order valence-corrected chi connectivity index (χ4v) is 5.86. The Hall–Kier alpha value is -1.88. The van der Waals surface area contributed by atoms with E-state index in [4.69, 9.17) is 9.47 Å². The summed E-state index contributed by atoms with van der Waals surface area (Å²) in [6, 6.07) is 0. The minimum atomic E-state index is -0.777. The maximum Gasteiger partial charge on any atom is 0.306 e. The largest absolute Gasteiger partial charge is 0.462 e. The Morgan fingerprint density at radius 1 is 0.500 bits per heavy atom. The van der Waals surface area contributed by atoms with Crippen LogP contribution in [0.3, 0.4) is 0 Å². The quantitative estimate of drug-likeness (QED) is 0.0403. The number of hydrogen-bond acceptors (Lipinski definition) is 5. The normalized spacial score (nSPS) is 12.5. The van der Waals surface area contributed by atoms with Crippen LogP contribution in [0.1, 0.15) is 206 Å². The molecule has 1 N–H and O–H groups in total. The third kappa shape index (κ3) is 36.9. The summed E-state index contributed by atoms with van der Waals surface area (Å²) in [6.07, 6.45) is 47.8. The summed E-state index contributed by atoms with van der Waals surface area (Å²) < 4.78 is 10.6. The molecule has 0 aliphatic carbocycles. The van der Waals surface area contributed by atoms with Gasteiger partial charge in [0.1, 0.15) is 6.61 Å². The molecule has 0 aliphatic rings. The first-order chi connectivity index (χ1) is 23.6. The zero-order valence-corrected chi connectivity index (χ0v) is 31.7. The van der Waals surface area contributed by atoms with Crippen LogP contribution in [0.4, 0.5) is 0 Å². The van der Waals surface area contributed by atoms with Crippen LogP contribution < -0.4 is 0 Å². The predicted molar refractivity (Wildman–Crippen MR) is 205 cm³/mol. The van der Waals surface area contributed by atoms with Gasteiger partial charge in [-0.15, -0.1) is 0 Å². The second-order valence-corrected chi connectivity index (χ2v) is 13.7. The predicted octanol–water partition coefficient (Wildman–Crippen LogP) is 12.8. The van der Waals surface area contributed by atoms with Crippen LogP contribution >= 0.6 is 0 Å². The van der Waals surface area contributed by atoms with Crippen molar-refractivity contribution in [1.82, 2.24) is 0 Å². The molecule has 0 spiro atoms. The molecular formula is C43H78O5. The molecule has 1 atom stereocenters. The van der Waals surface area contributed by atoms with Gasteiger partial charge in [0.05, 0.1) is 6.61 Å². The van der Waals surface area contributed by atoms with E-state index in [9.17, 15) is 14.7 Å². The van der Waals surface area contributed by atoms with Gasteiger partial charge in [0.15, 0.2) is 6.10 Å². The van der Waals surface area contributed by atoms with E-state index in [2.05, 4.69) is 50.3 Å². The third-order valence-corrected chi connectivity index (χ3v) is 8.95. The molecule has 0 saturated carbocycles. The number of unbranched alkanes of at least 4 members (excludes halogenated alkanes) is 23. The lowest BCUT2D eigenvalue weighted by Gasteiger charge is -2.15. The van der Waals surface area contributed by atoms with Gasteiger partial charge in [0, 0.05) is 12.8 Å². The Morgan fingerprint density at radius 2 is 0.896 bits per heavy atom. The number of hydrogen-bond donors (Lipinski definition) is 1. The number of carbonyl (C=O) groups excluding carboxylic acids is 2. The number of aliphatic hydroxyl groups is 1. The first-order valence-corrected chi connectivity index (χ1v) is 20.5. The lowest BCUT2D eigenvalue weighted by atomic mass is 10.0. The van der Waals surface area contributed by atoms with Crippen molar-refractivity contribution in [3.63, 3.8) is 0 Å². The highest BCUT2D eigenvalue weighted by Crippen LogP contribution is 2.15. The molecule has 0 unspecified atom stereocenters. The first-order valence-electron chi connectivity index (χ1n) is 20.5. The smallest absolute Gasteiger partial charge is 0.306 e. The molecule has 0 aromatic heterocycles. The zero-order chi connectivity index (χ0) is 35.0. The summed E-state index contributed by atoms with van der Waals surface area (Å²) >= 11 is 0. The van der Waals surface area contributed by atoms with Crippen LogP contribution in [-0.2, 0) is 19.1 Å². The van der Waals surface area contributed by atoms with Crippen LogP contribution in [0, 0.1) is 0 Å². The number of carbonyl (C=O) groups is 2. The number of esters is 2. The van der Waals surface area contributed by atoms with E-state index in [1.807, 2.05) is 0 Å². The van der Waals surface area contributed by atoms with E-state index in [0.29, 0.717) is 12.8 Å². The van der Waals surface area contributed by atoms with Gasteiger partial charge < -0.3 is 14.6 Å². The molecule has 5 nitrogen and oxygen atoms in total. The minimum Gasteiger partial charge on any atom is -0.462 e. The van der Waals surface area contributed by atoms with Gasteiger partial charge in [-0.3, -0.25) is 9.59 Å². The molecule has 0 aliphatic heterocycles. The fraction of sp³-hybridized carbons (Fsp3) is 0.814. The number of ether oxygens (including phenoxy) is 2. The molecule has 280 valence electrons. The molecular weight excluding hydrogens is 596 g/mol. The average molecular weight is 675 g/mol. The zero-order valence-electron chi connectivity index (χ0n) is 31.7. The molecule has 0 saturated heterocycles.